The van der Waals surface area contributed by atoms with Crippen LogP contribution in [-0.2, 0) is 11.2 Å². The molecule has 0 radical (unpaired) electrons. The Hall–Kier alpha value is -2.00. The molecule has 20 heavy (non-hydrogen) atoms. The van der Waals surface area contributed by atoms with Crippen LogP contribution in [0.5, 0.6) is 0 Å². The van der Waals surface area contributed by atoms with Gasteiger partial charge in [0.15, 0.2) is 0 Å². The van der Waals surface area contributed by atoms with Crippen LogP contribution in [0.3, 0.4) is 0 Å². The maximum atomic E-state index is 13.7. The number of benzene rings is 2. The molecule has 0 amide bonds. The van der Waals surface area contributed by atoms with Crippen molar-refractivity contribution in [3.63, 3.8) is 0 Å². The van der Waals surface area contributed by atoms with Gasteiger partial charge in [0.05, 0.1) is 5.92 Å². The minimum Gasteiger partial charge on any atom is -0.329 e. The molecule has 104 valence electrons. The van der Waals surface area contributed by atoms with E-state index in [0.29, 0.717) is 18.4 Å². The van der Waals surface area contributed by atoms with E-state index in [2.05, 4.69) is 0 Å². The van der Waals surface area contributed by atoms with Gasteiger partial charge < -0.3 is 5.73 Å². The van der Waals surface area contributed by atoms with Crippen LogP contribution in [0.15, 0.2) is 54.6 Å². The molecule has 0 aliphatic carbocycles. The highest BCUT2D eigenvalue weighted by Crippen LogP contribution is 2.21. The number of Topliss-reactive ketones (excluding diaryl/α,β-unsaturated/α-hetero) is 1. The summed E-state index contributed by atoms with van der Waals surface area (Å²) >= 11 is 0. The van der Waals surface area contributed by atoms with Gasteiger partial charge in [-0.25, -0.2) is 4.39 Å². The van der Waals surface area contributed by atoms with Crippen molar-refractivity contribution < 1.29 is 9.18 Å². The SMILES string of the molecule is NC[C@@H](C(=O)CCc1ccccc1)c1ccccc1F. The summed E-state index contributed by atoms with van der Waals surface area (Å²) in [6.07, 6.45) is 1.03. The van der Waals surface area contributed by atoms with Gasteiger partial charge in [-0.1, -0.05) is 48.5 Å². The molecule has 0 saturated heterocycles. The second-order valence-corrected chi connectivity index (χ2v) is 4.76. The molecule has 2 aromatic rings. The molecular formula is C17H18FNO. The van der Waals surface area contributed by atoms with E-state index >= 15 is 0 Å². The molecule has 0 aliphatic rings. The molecule has 0 fully saturated rings. The summed E-state index contributed by atoms with van der Waals surface area (Å²) in [5.74, 6) is -0.933. The molecule has 0 unspecified atom stereocenters. The van der Waals surface area contributed by atoms with Crippen LogP contribution < -0.4 is 5.73 Å². The average Bonchev–Trinajstić information content (AvgIpc) is 2.49. The summed E-state index contributed by atoms with van der Waals surface area (Å²) in [6, 6.07) is 16.1. The van der Waals surface area contributed by atoms with Crippen molar-refractivity contribution in [2.45, 2.75) is 18.8 Å². The monoisotopic (exact) mass is 271 g/mol. The molecular weight excluding hydrogens is 253 g/mol. The molecule has 1 atom stereocenters. The van der Waals surface area contributed by atoms with Gasteiger partial charge in [-0.05, 0) is 23.6 Å². The van der Waals surface area contributed by atoms with Gasteiger partial charge in [0.2, 0.25) is 0 Å². The first-order valence-corrected chi connectivity index (χ1v) is 6.73. The van der Waals surface area contributed by atoms with Gasteiger partial charge in [0, 0.05) is 13.0 Å². The van der Waals surface area contributed by atoms with E-state index < -0.39 is 5.92 Å². The highest BCUT2D eigenvalue weighted by Gasteiger charge is 2.21. The number of hydrogen-bond donors (Lipinski definition) is 1. The zero-order valence-electron chi connectivity index (χ0n) is 11.3. The number of carbonyl (C=O) groups is 1. The van der Waals surface area contributed by atoms with Gasteiger partial charge in [0.25, 0.3) is 0 Å². The zero-order valence-corrected chi connectivity index (χ0v) is 11.3. The normalized spacial score (nSPS) is 12.1. The van der Waals surface area contributed by atoms with Gasteiger partial charge >= 0.3 is 0 Å². The Morgan fingerprint density at radius 1 is 1.05 bits per heavy atom. The van der Waals surface area contributed by atoms with Crippen molar-refractivity contribution in [3.05, 3.63) is 71.5 Å². The molecule has 3 heteroatoms. The van der Waals surface area contributed by atoms with Gasteiger partial charge in [-0.15, -0.1) is 0 Å². The highest BCUT2D eigenvalue weighted by atomic mass is 19.1. The van der Waals surface area contributed by atoms with Crippen LogP contribution >= 0.6 is 0 Å². The van der Waals surface area contributed by atoms with Crippen LogP contribution in [0.2, 0.25) is 0 Å². The smallest absolute Gasteiger partial charge is 0.142 e. The predicted molar refractivity (Wildman–Crippen MR) is 78.0 cm³/mol. The number of nitrogens with two attached hydrogens (primary N) is 1. The van der Waals surface area contributed by atoms with Crippen LogP contribution in [-0.4, -0.2) is 12.3 Å². The zero-order chi connectivity index (χ0) is 14.4. The minimum absolute atomic E-state index is 0.0125. The highest BCUT2D eigenvalue weighted by molar-refractivity contribution is 5.86. The van der Waals surface area contributed by atoms with E-state index in [-0.39, 0.29) is 18.1 Å². The Labute approximate surface area is 118 Å². The second-order valence-electron chi connectivity index (χ2n) is 4.76. The number of hydrogen-bond acceptors (Lipinski definition) is 2. The van der Waals surface area contributed by atoms with Crippen molar-refractivity contribution in [1.82, 2.24) is 0 Å². The molecule has 0 bridgehead atoms. The summed E-state index contributed by atoms with van der Waals surface area (Å²) in [6.45, 7) is 0.133. The van der Waals surface area contributed by atoms with Crippen molar-refractivity contribution in [1.29, 1.82) is 0 Å². The fourth-order valence-electron chi connectivity index (χ4n) is 2.28. The first-order valence-electron chi connectivity index (χ1n) is 6.73. The van der Waals surface area contributed by atoms with Gasteiger partial charge in [-0.3, -0.25) is 4.79 Å². The van der Waals surface area contributed by atoms with E-state index in [1.807, 2.05) is 30.3 Å². The summed E-state index contributed by atoms with van der Waals surface area (Å²) < 4.78 is 13.7. The van der Waals surface area contributed by atoms with Crippen molar-refractivity contribution in [3.8, 4) is 0 Å². The van der Waals surface area contributed by atoms with Gasteiger partial charge in [0.1, 0.15) is 11.6 Å². The fraction of sp³-hybridized carbons (Fsp3) is 0.235. The third-order valence-corrected chi connectivity index (χ3v) is 3.41. The number of carbonyl (C=O) groups excluding carboxylic acids is 1. The Morgan fingerprint density at radius 2 is 1.70 bits per heavy atom. The molecule has 2 aromatic carbocycles. The molecule has 0 aliphatic heterocycles. The fourth-order valence-corrected chi connectivity index (χ4v) is 2.28. The lowest BCUT2D eigenvalue weighted by Gasteiger charge is -2.14. The molecule has 2 nitrogen and oxygen atoms in total. The van der Waals surface area contributed by atoms with Crippen LogP contribution in [0.25, 0.3) is 0 Å². The maximum Gasteiger partial charge on any atom is 0.142 e. The summed E-state index contributed by atoms with van der Waals surface area (Å²) in [5.41, 5.74) is 7.15. The maximum absolute atomic E-state index is 13.7. The summed E-state index contributed by atoms with van der Waals surface area (Å²) in [5, 5.41) is 0. The molecule has 0 saturated carbocycles. The van der Waals surface area contributed by atoms with Crippen LogP contribution in [0.1, 0.15) is 23.5 Å². The lowest BCUT2D eigenvalue weighted by atomic mass is 9.91. The van der Waals surface area contributed by atoms with Crippen LogP contribution in [0, 0.1) is 5.82 Å². The molecule has 0 spiro atoms. The third kappa shape index (κ3) is 3.52. The second kappa shape index (κ2) is 6.96. The molecule has 0 aromatic heterocycles. The quantitative estimate of drug-likeness (QED) is 0.877. The Balaban J connectivity index is 2.05. The van der Waals surface area contributed by atoms with Crippen molar-refractivity contribution in [2.75, 3.05) is 6.54 Å². The Kier molecular flexibility index (Phi) is 5.02. The largest absolute Gasteiger partial charge is 0.329 e. The third-order valence-electron chi connectivity index (χ3n) is 3.41. The van der Waals surface area contributed by atoms with Crippen LogP contribution in [0.4, 0.5) is 4.39 Å². The minimum atomic E-state index is -0.556. The molecule has 2 rings (SSSR count). The average molecular weight is 271 g/mol. The van der Waals surface area contributed by atoms with Gasteiger partial charge in [-0.2, -0.15) is 0 Å². The Bertz CT molecular complexity index is 568. The standard InChI is InChI=1S/C17H18FNO/c18-16-9-5-4-8-14(16)15(12-19)17(20)11-10-13-6-2-1-3-7-13/h1-9,15H,10-12,19H2/t15-/m1/s1. The van der Waals surface area contributed by atoms with Crippen molar-refractivity contribution >= 4 is 5.78 Å². The van der Waals surface area contributed by atoms with E-state index in [4.69, 9.17) is 5.73 Å². The summed E-state index contributed by atoms with van der Waals surface area (Å²) in [7, 11) is 0. The van der Waals surface area contributed by atoms with Crippen molar-refractivity contribution in [2.24, 2.45) is 5.73 Å². The molecule has 2 N–H and O–H groups in total. The number of rotatable bonds is 6. The topological polar surface area (TPSA) is 43.1 Å². The number of aryl methyl sites for hydroxylation is 1. The van der Waals surface area contributed by atoms with E-state index in [9.17, 15) is 9.18 Å². The predicted octanol–water partition coefficient (Wildman–Crippen LogP) is 3.07. The number of ketones is 1. The Morgan fingerprint density at radius 3 is 2.35 bits per heavy atom. The van der Waals surface area contributed by atoms with E-state index in [1.54, 1.807) is 18.2 Å². The van der Waals surface area contributed by atoms with E-state index in [0.717, 1.165) is 5.56 Å². The summed E-state index contributed by atoms with van der Waals surface area (Å²) in [4.78, 5) is 12.3. The first kappa shape index (κ1) is 14.4. The molecule has 0 heterocycles. The number of halogens is 1. The first-order chi connectivity index (χ1) is 9.72. The lowest BCUT2D eigenvalue weighted by molar-refractivity contribution is -0.120. The van der Waals surface area contributed by atoms with E-state index in [1.165, 1.54) is 6.07 Å². The lowest BCUT2D eigenvalue weighted by Crippen LogP contribution is -2.23.